The first-order valence-corrected chi connectivity index (χ1v) is 5.60. The molecule has 0 saturated carbocycles. The second kappa shape index (κ2) is 4.05. The number of benzene rings is 1. The van der Waals surface area contributed by atoms with Gasteiger partial charge in [-0.2, -0.15) is 0 Å². The fraction of sp³-hybridized carbons (Fsp3) is 0.462. The topological polar surface area (TPSA) is 20.3 Å². The second-order valence-corrected chi connectivity index (χ2v) is 4.33. The van der Waals surface area contributed by atoms with E-state index in [0.717, 1.165) is 18.7 Å². The van der Waals surface area contributed by atoms with E-state index in [1.165, 1.54) is 5.56 Å². The molecule has 1 unspecified atom stereocenters. The summed E-state index contributed by atoms with van der Waals surface area (Å²) < 4.78 is 0. The van der Waals surface area contributed by atoms with Crippen LogP contribution in [0.15, 0.2) is 24.3 Å². The zero-order valence-electron chi connectivity index (χ0n) is 9.36. The molecule has 1 fully saturated rings. The summed E-state index contributed by atoms with van der Waals surface area (Å²) in [6, 6.07) is 8.31. The fourth-order valence-corrected chi connectivity index (χ4v) is 2.05. The number of hydrogen-bond acceptors (Lipinski definition) is 1. The number of hydrogen-bond donors (Lipinski definition) is 0. The monoisotopic (exact) mass is 203 g/mol. The number of carbonyl (C=O) groups excluding carboxylic acids is 1. The molecular formula is C13H17NO. The minimum atomic E-state index is 0.256. The zero-order valence-corrected chi connectivity index (χ0v) is 9.36. The average molecular weight is 203 g/mol. The van der Waals surface area contributed by atoms with Gasteiger partial charge in [-0.1, -0.05) is 26.0 Å². The molecule has 0 aliphatic carbocycles. The van der Waals surface area contributed by atoms with Crippen LogP contribution < -0.4 is 4.90 Å². The number of carbonyl (C=O) groups is 1. The predicted octanol–water partition coefficient (Wildman–Crippen LogP) is 2.62. The maximum Gasteiger partial charge on any atom is 0.227 e. The lowest BCUT2D eigenvalue weighted by Crippen LogP contribution is -2.24. The van der Waals surface area contributed by atoms with Crippen LogP contribution in [0.3, 0.4) is 0 Å². The Bertz CT molecular complexity index is 355. The van der Waals surface area contributed by atoms with Crippen molar-refractivity contribution in [1.29, 1.82) is 0 Å². The molecule has 1 saturated heterocycles. The summed E-state index contributed by atoms with van der Waals surface area (Å²) in [5.41, 5.74) is 2.36. The zero-order chi connectivity index (χ0) is 10.8. The number of anilines is 1. The molecule has 1 aromatic carbocycles. The lowest BCUT2D eigenvalue weighted by Gasteiger charge is -2.16. The van der Waals surface area contributed by atoms with Gasteiger partial charge in [0.15, 0.2) is 0 Å². The largest absolute Gasteiger partial charge is 0.312 e. The average Bonchev–Trinajstić information content (AvgIpc) is 2.58. The fourth-order valence-electron chi connectivity index (χ4n) is 2.05. The van der Waals surface area contributed by atoms with Gasteiger partial charge in [-0.15, -0.1) is 0 Å². The van der Waals surface area contributed by atoms with Crippen LogP contribution in [0.5, 0.6) is 0 Å². The van der Waals surface area contributed by atoms with Crippen LogP contribution in [-0.2, 0) is 11.2 Å². The van der Waals surface area contributed by atoms with Crippen LogP contribution >= 0.6 is 0 Å². The number of aryl methyl sites for hydroxylation is 1. The Morgan fingerprint density at radius 2 is 2.00 bits per heavy atom. The van der Waals surface area contributed by atoms with Crippen LogP contribution in [0.4, 0.5) is 5.69 Å². The highest BCUT2D eigenvalue weighted by Gasteiger charge is 2.27. The molecular weight excluding hydrogens is 186 g/mol. The van der Waals surface area contributed by atoms with E-state index in [4.69, 9.17) is 0 Å². The van der Waals surface area contributed by atoms with E-state index in [2.05, 4.69) is 38.1 Å². The van der Waals surface area contributed by atoms with Crippen molar-refractivity contribution in [2.75, 3.05) is 11.4 Å². The van der Waals surface area contributed by atoms with Crippen LogP contribution in [0.2, 0.25) is 0 Å². The molecule has 0 bridgehead atoms. The standard InChI is InChI=1S/C13H17NO/c1-3-11-4-6-12(7-5-11)14-9-10(2)8-13(14)15/h4-7,10H,3,8-9H2,1-2H3. The molecule has 1 aromatic rings. The van der Waals surface area contributed by atoms with Crippen LogP contribution in [0.1, 0.15) is 25.8 Å². The van der Waals surface area contributed by atoms with Crippen molar-refractivity contribution >= 4 is 11.6 Å². The Balaban J connectivity index is 2.19. The third-order valence-corrected chi connectivity index (χ3v) is 2.97. The molecule has 1 aliphatic heterocycles. The van der Waals surface area contributed by atoms with Crippen LogP contribution in [0.25, 0.3) is 0 Å². The highest BCUT2D eigenvalue weighted by molar-refractivity contribution is 5.95. The summed E-state index contributed by atoms with van der Waals surface area (Å²) in [6.45, 7) is 5.13. The van der Waals surface area contributed by atoms with Crippen molar-refractivity contribution in [3.8, 4) is 0 Å². The number of rotatable bonds is 2. The minimum Gasteiger partial charge on any atom is -0.312 e. The predicted molar refractivity (Wildman–Crippen MR) is 62.0 cm³/mol. The number of nitrogens with zero attached hydrogens (tertiary/aromatic N) is 1. The maximum atomic E-state index is 11.7. The lowest BCUT2D eigenvalue weighted by molar-refractivity contribution is -0.117. The summed E-state index contributed by atoms with van der Waals surface area (Å²) in [7, 11) is 0. The normalized spacial score (nSPS) is 21.1. The van der Waals surface area contributed by atoms with E-state index in [-0.39, 0.29) is 5.91 Å². The first-order valence-electron chi connectivity index (χ1n) is 5.60. The molecule has 1 amide bonds. The van der Waals surface area contributed by atoms with Gasteiger partial charge in [-0.05, 0) is 30.0 Å². The van der Waals surface area contributed by atoms with Crippen molar-refractivity contribution in [3.05, 3.63) is 29.8 Å². The van der Waals surface area contributed by atoms with Gasteiger partial charge in [0.25, 0.3) is 0 Å². The summed E-state index contributed by atoms with van der Waals surface area (Å²) in [5, 5.41) is 0. The van der Waals surface area contributed by atoms with Gasteiger partial charge >= 0.3 is 0 Å². The third-order valence-electron chi connectivity index (χ3n) is 2.97. The van der Waals surface area contributed by atoms with Gasteiger partial charge in [0, 0.05) is 18.7 Å². The van der Waals surface area contributed by atoms with E-state index in [9.17, 15) is 4.79 Å². The molecule has 0 spiro atoms. The summed E-state index contributed by atoms with van der Waals surface area (Å²) in [4.78, 5) is 13.6. The van der Waals surface area contributed by atoms with Gasteiger partial charge in [0.2, 0.25) is 5.91 Å². The molecule has 1 heterocycles. The van der Waals surface area contributed by atoms with Gasteiger partial charge in [-0.3, -0.25) is 4.79 Å². The summed E-state index contributed by atoms with van der Waals surface area (Å²) in [6.07, 6.45) is 1.74. The van der Waals surface area contributed by atoms with Crippen LogP contribution in [-0.4, -0.2) is 12.5 Å². The third kappa shape index (κ3) is 2.04. The molecule has 2 nitrogen and oxygen atoms in total. The Labute approximate surface area is 90.9 Å². The minimum absolute atomic E-state index is 0.256. The van der Waals surface area contributed by atoms with Gasteiger partial charge in [-0.25, -0.2) is 0 Å². The highest BCUT2D eigenvalue weighted by Crippen LogP contribution is 2.24. The molecule has 1 aliphatic rings. The lowest BCUT2D eigenvalue weighted by atomic mass is 10.1. The van der Waals surface area contributed by atoms with E-state index in [0.29, 0.717) is 12.3 Å². The molecule has 2 rings (SSSR count). The smallest absolute Gasteiger partial charge is 0.227 e. The summed E-state index contributed by atoms with van der Waals surface area (Å²) in [5.74, 6) is 0.745. The van der Waals surface area contributed by atoms with Crippen molar-refractivity contribution in [3.63, 3.8) is 0 Å². The first-order chi connectivity index (χ1) is 7.20. The van der Waals surface area contributed by atoms with Gasteiger partial charge < -0.3 is 4.90 Å². The Hall–Kier alpha value is -1.31. The quantitative estimate of drug-likeness (QED) is 0.723. The van der Waals surface area contributed by atoms with E-state index >= 15 is 0 Å². The Kier molecular flexibility index (Phi) is 2.76. The molecule has 15 heavy (non-hydrogen) atoms. The molecule has 80 valence electrons. The van der Waals surface area contributed by atoms with E-state index in [1.54, 1.807) is 0 Å². The Morgan fingerprint density at radius 3 is 2.47 bits per heavy atom. The van der Waals surface area contributed by atoms with Crippen molar-refractivity contribution < 1.29 is 4.79 Å². The molecule has 0 aromatic heterocycles. The SMILES string of the molecule is CCc1ccc(N2CC(C)CC2=O)cc1. The maximum absolute atomic E-state index is 11.7. The molecule has 0 N–H and O–H groups in total. The summed E-state index contributed by atoms with van der Waals surface area (Å²) >= 11 is 0. The highest BCUT2D eigenvalue weighted by atomic mass is 16.2. The van der Waals surface area contributed by atoms with Gasteiger partial charge in [0.05, 0.1) is 0 Å². The van der Waals surface area contributed by atoms with Crippen molar-refractivity contribution in [2.24, 2.45) is 5.92 Å². The second-order valence-electron chi connectivity index (χ2n) is 4.33. The van der Waals surface area contributed by atoms with E-state index in [1.807, 2.05) is 4.90 Å². The molecule has 1 atom stereocenters. The Morgan fingerprint density at radius 1 is 1.33 bits per heavy atom. The van der Waals surface area contributed by atoms with Crippen LogP contribution in [0, 0.1) is 5.92 Å². The van der Waals surface area contributed by atoms with E-state index < -0.39 is 0 Å². The van der Waals surface area contributed by atoms with Crippen molar-refractivity contribution in [1.82, 2.24) is 0 Å². The molecule has 2 heteroatoms. The molecule has 0 radical (unpaired) electrons. The number of amides is 1. The first kappa shape index (κ1) is 10.2. The van der Waals surface area contributed by atoms with Crippen molar-refractivity contribution in [2.45, 2.75) is 26.7 Å². The van der Waals surface area contributed by atoms with Gasteiger partial charge in [0.1, 0.15) is 0 Å².